The molecule has 0 heterocycles. The van der Waals surface area contributed by atoms with Gasteiger partial charge in [0.25, 0.3) is 0 Å². The molecule has 7 heteroatoms. The average molecular weight is 294 g/mol. The first-order valence-electron chi connectivity index (χ1n) is 6.73. The molecule has 2 unspecified atom stereocenters. The molecule has 0 spiro atoms. The third-order valence-electron chi connectivity index (χ3n) is 3.69. The van der Waals surface area contributed by atoms with E-state index in [4.69, 9.17) is 15.2 Å². The van der Waals surface area contributed by atoms with E-state index in [1.165, 1.54) is 13.2 Å². The molecule has 1 aliphatic carbocycles. The van der Waals surface area contributed by atoms with Crippen LogP contribution in [-0.2, 0) is 9.53 Å². The fraction of sp³-hybridized carbons (Fsp3) is 0.500. The number of carbonyl (C=O) groups is 1. The molecular formula is C14H18N2O5. The molecule has 114 valence electrons. The summed E-state index contributed by atoms with van der Waals surface area (Å²) in [5, 5.41) is 11.0. The van der Waals surface area contributed by atoms with E-state index in [9.17, 15) is 14.9 Å². The highest BCUT2D eigenvalue weighted by Gasteiger charge is 2.41. The zero-order chi connectivity index (χ0) is 15.5. The standard InChI is InChI=1S/C14H18N2O5/c1-20-13(17)14(15)8-4-5-10(9-14)21-12-7-3-2-6-11(12)16(18)19/h2-3,6-7,10H,4-5,8-9,15H2,1H3. The summed E-state index contributed by atoms with van der Waals surface area (Å²) in [4.78, 5) is 22.2. The van der Waals surface area contributed by atoms with Crippen LogP contribution in [0.5, 0.6) is 5.75 Å². The van der Waals surface area contributed by atoms with Crippen molar-refractivity contribution in [2.45, 2.75) is 37.3 Å². The number of rotatable bonds is 4. The largest absolute Gasteiger partial charge is 0.483 e. The van der Waals surface area contributed by atoms with Crippen LogP contribution in [0.4, 0.5) is 5.69 Å². The molecule has 21 heavy (non-hydrogen) atoms. The maximum atomic E-state index is 11.8. The van der Waals surface area contributed by atoms with E-state index < -0.39 is 16.4 Å². The van der Waals surface area contributed by atoms with Crippen LogP contribution in [0.15, 0.2) is 24.3 Å². The molecule has 1 aliphatic rings. The van der Waals surface area contributed by atoms with Crippen LogP contribution in [0.2, 0.25) is 0 Å². The molecular weight excluding hydrogens is 276 g/mol. The second-order valence-electron chi connectivity index (χ2n) is 5.21. The van der Waals surface area contributed by atoms with E-state index in [1.54, 1.807) is 18.2 Å². The summed E-state index contributed by atoms with van der Waals surface area (Å²) in [6.45, 7) is 0. The lowest BCUT2D eigenvalue weighted by atomic mass is 9.81. The van der Waals surface area contributed by atoms with Gasteiger partial charge in [0, 0.05) is 12.5 Å². The first kappa shape index (κ1) is 15.2. The lowest BCUT2D eigenvalue weighted by molar-refractivity contribution is -0.386. The van der Waals surface area contributed by atoms with Gasteiger partial charge in [0.1, 0.15) is 11.6 Å². The van der Waals surface area contributed by atoms with Crippen LogP contribution in [0.3, 0.4) is 0 Å². The number of nitro benzene ring substituents is 1. The summed E-state index contributed by atoms with van der Waals surface area (Å²) >= 11 is 0. The highest BCUT2D eigenvalue weighted by atomic mass is 16.6. The minimum Gasteiger partial charge on any atom is -0.483 e. The summed E-state index contributed by atoms with van der Waals surface area (Å²) in [5.41, 5.74) is 4.89. The van der Waals surface area contributed by atoms with Crippen LogP contribution in [0.25, 0.3) is 0 Å². The van der Waals surface area contributed by atoms with E-state index in [0.717, 1.165) is 0 Å². The normalized spacial score (nSPS) is 25.1. The zero-order valence-electron chi connectivity index (χ0n) is 11.8. The smallest absolute Gasteiger partial charge is 0.325 e. The van der Waals surface area contributed by atoms with Gasteiger partial charge in [-0.3, -0.25) is 14.9 Å². The minimum atomic E-state index is -1.08. The predicted molar refractivity (Wildman–Crippen MR) is 74.9 cm³/mol. The van der Waals surface area contributed by atoms with Gasteiger partial charge in [-0.25, -0.2) is 0 Å². The molecule has 0 radical (unpaired) electrons. The molecule has 1 saturated carbocycles. The molecule has 1 aromatic rings. The molecule has 2 N–H and O–H groups in total. The van der Waals surface area contributed by atoms with Crippen LogP contribution < -0.4 is 10.5 Å². The van der Waals surface area contributed by atoms with Crippen molar-refractivity contribution in [2.24, 2.45) is 5.73 Å². The Morgan fingerprint density at radius 1 is 1.48 bits per heavy atom. The lowest BCUT2D eigenvalue weighted by Gasteiger charge is -2.35. The molecule has 0 aliphatic heterocycles. The number of para-hydroxylation sites is 2. The SMILES string of the molecule is COC(=O)C1(N)CCCC(Oc2ccccc2[N+](=O)[O-])C1. The van der Waals surface area contributed by atoms with Crippen LogP contribution in [-0.4, -0.2) is 29.6 Å². The molecule has 2 rings (SSSR count). The first-order valence-corrected chi connectivity index (χ1v) is 6.73. The summed E-state index contributed by atoms with van der Waals surface area (Å²) in [6.07, 6.45) is 1.87. The van der Waals surface area contributed by atoms with E-state index in [2.05, 4.69) is 0 Å². The van der Waals surface area contributed by atoms with Gasteiger partial charge >= 0.3 is 11.7 Å². The van der Waals surface area contributed by atoms with Crippen molar-refractivity contribution < 1.29 is 19.2 Å². The number of nitrogens with zero attached hydrogens (tertiary/aromatic N) is 1. The second kappa shape index (κ2) is 6.09. The quantitative estimate of drug-likeness (QED) is 0.515. The maximum Gasteiger partial charge on any atom is 0.325 e. The topological polar surface area (TPSA) is 105 Å². The van der Waals surface area contributed by atoms with Gasteiger partial charge < -0.3 is 15.2 Å². The van der Waals surface area contributed by atoms with Crippen molar-refractivity contribution in [1.82, 2.24) is 0 Å². The van der Waals surface area contributed by atoms with Crippen molar-refractivity contribution in [1.29, 1.82) is 0 Å². The Kier molecular flexibility index (Phi) is 4.42. The van der Waals surface area contributed by atoms with Crippen LogP contribution in [0, 0.1) is 10.1 Å². The number of nitro groups is 1. The predicted octanol–water partition coefficient (Wildman–Crippen LogP) is 1.79. The van der Waals surface area contributed by atoms with Crippen LogP contribution in [0.1, 0.15) is 25.7 Å². The summed E-state index contributed by atoms with van der Waals surface area (Å²) < 4.78 is 10.4. The van der Waals surface area contributed by atoms with Gasteiger partial charge in [-0.15, -0.1) is 0 Å². The van der Waals surface area contributed by atoms with Gasteiger partial charge in [-0.1, -0.05) is 12.1 Å². The Morgan fingerprint density at radius 2 is 2.19 bits per heavy atom. The molecule has 0 amide bonds. The number of hydrogen-bond acceptors (Lipinski definition) is 6. The number of esters is 1. The number of benzene rings is 1. The van der Waals surface area contributed by atoms with Crippen LogP contribution >= 0.6 is 0 Å². The molecule has 1 aromatic carbocycles. The van der Waals surface area contributed by atoms with E-state index >= 15 is 0 Å². The van der Waals surface area contributed by atoms with Gasteiger partial charge in [0.2, 0.25) is 0 Å². The van der Waals surface area contributed by atoms with E-state index in [-0.39, 0.29) is 24.0 Å². The molecule has 0 aromatic heterocycles. The fourth-order valence-electron chi connectivity index (χ4n) is 2.63. The maximum absolute atomic E-state index is 11.8. The average Bonchev–Trinajstić information content (AvgIpc) is 2.46. The van der Waals surface area contributed by atoms with Crippen molar-refractivity contribution in [3.05, 3.63) is 34.4 Å². The lowest BCUT2D eigenvalue weighted by Crippen LogP contribution is -2.54. The first-order chi connectivity index (χ1) is 9.96. The Balaban J connectivity index is 2.13. The van der Waals surface area contributed by atoms with Gasteiger partial charge in [-0.2, -0.15) is 0 Å². The third kappa shape index (κ3) is 3.30. The number of nitrogens with two attached hydrogens (primary N) is 1. The molecule has 1 fully saturated rings. The minimum absolute atomic E-state index is 0.0937. The fourth-order valence-corrected chi connectivity index (χ4v) is 2.63. The van der Waals surface area contributed by atoms with Crippen molar-refractivity contribution in [3.63, 3.8) is 0 Å². The second-order valence-corrected chi connectivity index (χ2v) is 5.21. The van der Waals surface area contributed by atoms with Crippen molar-refractivity contribution in [2.75, 3.05) is 7.11 Å². The highest BCUT2D eigenvalue weighted by molar-refractivity contribution is 5.80. The van der Waals surface area contributed by atoms with E-state index in [1.807, 2.05) is 0 Å². The summed E-state index contributed by atoms with van der Waals surface area (Å²) in [7, 11) is 1.30. The Labute approximate surface area is 122 Å². The number of ether oxygens (including phenoxy) is 2. The van der Waals surface area contributed by atoms with Gasteiger partial charge in [0.05, 0.1) is 12.0 Å². The van der Waals surface area contributed by atoms with Crippen molar-refractivity contribution >= 4 is 11.7 Å². The number of carbonyl (C=O) groups excluding carboxylic acids is 1. The summed E-state index contributed by atoms with van der Waals surface area (Å²) in [6, 6.07) is 6.17. The zero-order valence-corrected chi connectivity index (χ0v) is 11.8. The molecule has 0 bridgehead atoms. The third-order valence-corrected chi connectivity index (χ3v) is 3.69. The molecule has 7 nitrogen and oxygen atoms in total. The van der Waals surface area contributed by atoms with E-state index in [0.29, 0.717) is 19.3 Å². The Hall–Kier alpha value is -2.15. The number of hydrogen-bond donors (Lipinski definition) is 1. The molecule has 0 saturated heterocycles. The van der Waals surface area contributed by atoms with Gasteiger partial charge in [-0.05, 0) is 25.3 Å². The molecule has 2 atom stereocenters. The Bertz CT molecular complexity index is 548. The highest BCUT2D eigenvalue weighted by Crippen LogP contribution is 2.33. The monoisotopic (exact) mass is 294 g/mol. The Morgan fingerprint density at radius 3 is 2.86 bits per heavy atom. The van der Waals surface area contributed by atoms with Gasteiger partial charge in [0.15, 0.2) is 5.75 Å². The van der Waals surface area contributed by atoms with Crippen molar-refractivity contribution in [3.8, 4) is 5.75 Å². The summed E-state index contributed by atoms with van der Waals surface area (Å²) in [5.74, 6) is -0.278. The number of methoxy groups -OCH3 is 1.